The van der Waals surface area contributed by atoms with Crippen LogP contribution in [0.2, 0.25) is 5.02 Å². The number of hydrogen-bond donors (Lipinski definition) is 0. The highest BCUT2D eigenvalue weighted by atomic mass is 35.5. The fourth-order valence-corrected chi connectivity index (χ4v) is 2.64. The van der Waals surface area contributed by atoms with Crippen LogP contribution in [-0.2, 0) is 5.60 Å². The molecular weight excluding hydrogens is 258 g/mol. The number of hydrogen-bond acceptors (Lipinski definition) is 2. The molecule has 0 aliphatic carbocycles. The minimum Gasteiger partial charge on any atom is -0.482 e. The minimum absolute atomic E-state index is 0.472. The van der Waals surface area contributed by atoms with E-state index in [2.05, 4.69) is 6.07 Å². The van der Waals surface area contributed by atoms with Crippen LogP contribution in [0.25, 0.3) is 11.1 Å². The maximum atomic E-state index is 9.03. The number of rotatable bonds is 0. The highest BCUT2D eigenvalue weighted by Crippen LogP contribution is 2.46. The van der Waals surface area contributed by atoms with E-state index in [1.165, 1.54) is 0 Å². The van der Waals surface area contributed by atoms with Crippen molar-refractivity contribution in [3.8, 4) is 22.9 Å². The number of ether oxygens (including phenoxy) is 1. The van der Waals surface area contributed by atoms with Crippen molar-refractivity contribution < 1.29 is 4.74 Å². The van der Waals surface area contributed by atoms with Crippen molar-refractivity contribution in [1.82, 2.24) is 0 Å². The molecule has 94 valence electrons. The molecule has 0 N–H and O–H groups in total. The number of halogens is 1. The summed E-state index contributed by atoms with van der Waals surface area (Å²) >= 11 is 6.02. The van der Waals surface area contributed by atoms with E-state index >= 15 is 0 Å². The first-order valence-corrected chi connectivity index (χ1v) is 6.42. The summed E-state index contributed by atoms with van der Waals surface area (Å²) in [5.41, 5.74) is 3.32. The lowest BCUT2D eigenvalue weighted by atomic mass is 9.85. The third-order valence-corrected chi connectivity index (χ3v) is 3.63. The molecule has 0 spiro atoms. The quantitative estimate of drug-likeness (QED) is 0.705. The van der Waals surface area contributed by atoms with E-state index in [0.29, 0.717) is 10.6 Å². The van der Waals surface area contributed by atoms with Gasteiger partial charge in [-0.25, -0.2) is 0 Å². The predicted molar refractivity (Wildman–Crippen MR) is 75.3 cm³/mol. The highest BCUT2D eigenvalue weighted by molar-refractivity contribution is 6.30. The lowest BCUT2D eigenvalue weighted by Crippen LogP contribution is -2.29. The largest absolute Gasteiger partial charge is 0.482 e. The Morgan fingerprint density at radius 3 is 2.58 bits per heavy atom. The Morgan fingerprint density at radius 2 is 1.84 bits per heavy atom. The Hall–Kier alpha value is -1.98. The van der Waals surface area contributed by atoms with Crippen molar-refractivity contribution >= 4 is 11.6 Å². The second-order valence-corrected chi connectivity index (χ2v) is 5.56. The molecule has 0 saturated heterocycles. The van der Waals surface area contributed by atoms with Crippen molar-refractivity contribution in [3.05, 3.63) is 52.5 Å². The Labute approximate surface area is 117 Å². The van der Waals surface area contributed by atoms with Crippen LogP contribution in [0.3, 0.4) is 0 Å². The van der Waals surface area contributed by atoms with Gasteiger partial charge in [0.2, 0.25) is 0 Å². The lowest BCUT2D eigenvalue weighted by Gasteiger charge is -2.35. The predicted octanol–water partition coefficient (Wildman–Crippen LogP) is 4.51. The molecule has 0 saturated carbocycles. The monoisotopic (exact) mass is 269 g/mol. The first-order valence-electron chi connectivity index (χ1n) is 6.05. The summed E-state index contributed by atoms with van der Waals surface area (Å²) in [6.45, 7) is 3.99. The van der Waals surface area contributed by atoms with Crippen LogP contribution < -0.4 is 4.74 Å². The molecule has 3 rings (SSSR count). The van der Waals surface area contributed by atoms with Gasteiger partial charge in [-0.3, -0.25) is 0 Å². The van der Waals surface area contributed by atoms with Crippen LogP contribution in [0.15, 0.2) is 36.4 Å². The van der Waals surface area contributed by atoms with Gasteiger partial charge in [-0.15, -0.1) is 0 Å². The molecule has 0 bridgehead atoms. The fraction of sp³-hybridized carbons (Fsp3) is 0.188. The van der Waals surface area contributed by atoms with Crippen LogP contribution >= 0.6 is 11.6 Å². The van der Waals surface area contributed by atoms with Crippen molar-refractivity contribution in [2.24, 2.45) is 0 Å². The maximum Gasteiger partial charge on any atom is 0.129 e. The summed E-state index contributed by atoms with van der Waals surface area (Å²) in [7, 11) is 0. The van der Waals surface area contributed by atoms with E-state index in [1.54, 1.807) is 0 Å². The van der Waals surface area contributed by atoms with E-state index in [4.69, 9.17) is 21.6 Å². The molecule has 0 radical (unpaired) electrons. The zero-order chi connectivity index (χ0) is 13.6. The standard InChI is InChI=1S/C16H12ClNO/c1-16(2)14-7-10(9-18)3-5-12(14)13-6-4-11(17)8-15(13)19-16/h3-8H,1-2H3. The SMILES string of the molecule is CC1(C)Oc2cc(Cl)ccc2-c2ccc(C#N)cc21. The summed E-state index contributed by atoms with van der Waals surface area (Å²) in [4.78, 5) is 0. The second kappa shape index (κ2) is 4.01. The zero-order valence-electron chi connectivity index (χ0n) is 10.7. The smallest absolute Gasteiger partial charge is 0.129 e. The van der Waals surface area contributed by atoms with Gasteiger partial charge in [-0.2, -0.15) is 5.26 Å². The average molecular weight is 270 g/mol. The molecule has 2 nitrogen and oxygen atoms in total. The number of fused-ring (bicyclic) bond motifs is 3. The molecule has 0 aromatic heterocycles. The van der Waals surface area contributed by atoms with Gasteiger partial charge < -0.3 is 4.74 Å². The zero-order valence-corrected chi connectivity index (χ0v) is 11.5. The fourth-order valence-electron chi connectivity index (χ4n) is 2.48. The number of nitriles is 1. The van der Waals surface area contributed by atoms with Crippen LogP contribution in [0.5, 0.6) is 5.75 Å². The maximum absolute atomic E-state index is 9.03. The van der Waals surface area contributed by atoms with E-state index in [1.807, 2.05) is 50.2 Å². The Balaban J connectivity index is 2.31. The van der Waals surface area contributed by atoms with Gasteiger partial charge in [0.15, 0.2) is 0 Å². The summed E-state index contributed by atoms with van der Waals surface area (Å²) in [5, 5.41) is 9.69. The second-order valence-electron chi connectivity index (χ2n) is 5.13. The van der Waals surface area contributed by atoms with Gasteiger partial charge in [-0.1, -0.05) is 17.7 Å². The normalized spacial score (nSPS) is 14.8. The lowest BCUT2D eigenvalue weighted by molar-refractivity contribution is 0.106. The van der Waals surface area contributed by atoms with Crippen molar-refractivity contribution in [2.45, 2.75) is 19.4 Å². The molecule has 3 heteroatoms. The first-order chi connectivity index (χ1) is 9.01. The van der Waals surface area contributed by atoms with E-state index in [9.17, 15) is 0 Å². The molecule has 0 fully saturated rings. The summed E-state index contributed by atoms with van der Waals surface area (Å²) < 4.78 is 6.03. The summed E-state index contributed by atoms with van der Waals surface area (Å²) in [5.74, 6) is 0.787. The van der Waals surface area contributed by atoms with Gasteiger partial charge >= 0.3 is 0 Å². The van der Waals surface area contributed by atoms with Gasteiger partial charge in [0.25, 0.3) is 0 Å². The minimum atomic E-state index is -0.472. The molecule has 1 heterocycles. The first kappa shape index (κ1) is 12.1. The molecule has 2 aromatic rings. The van der Waals surface area contributed by atoms with Gasteiger partial charge in [0, 0.05) is 16.1 Å². The van der Waals surface area contributed by atoms with Crippen LogP contribution in [0, 0.1) is 11.3 Å². The molecular formula is C16H12ClNO. The third-order valence-electron chi connectivity index (χ3n) is 3.40. The van der Waals surface area contributed by atoms with Gasteiger partial charge in [0.1, 0.15) is 11.4 Å². The van der Waals surface area contributed by atoms with Crippen molar-refractivity contribution in [3.63, 3.8) is 0 Å². The number of nitrogens with zero attached hydrogens (tertiary/aromatic N) is 1. The van der Waals surface area contributed by atoms with Gasteiger partial charge in [-0.05, 0) is 49.7 Å². The summed E-state index contributed by atoms with van der Waals surface area (Å²) in [6.07, 6.45) is 0. The van der Waals surface area contributed by atoms with Crippen LogP contribution in [0.4, 0.5) is 0 Å². The molecule has 0 amide bonds. The molecule has 0 unspecified atom stereocenters. The molecule has 1 aliphatic heterocycles. The Kier molecular flexibility index (Phi) is 2.55. The van der Waals surface area contributed by atoms with E-state index in [0.717, 1.165) is 22.4 Å². The molecule has 2 aromatic carbocycles. The molecule has 0 atom stereocenters. The van der Waals surface area contributed by atoms with Gasteiger partial charge in [0.05, 0.1) is 11.6 Å². The third kappa shape index (κ3) is 1.87. The molecule has 1 aliphatic rings. The Bertz CT molecular complexity index is 713. The van der Waals surface area contributed by atoms with Crippen molar-refractivity contribution in [1.29, 1.82) is 5.26 Å². The average Bonchev–Trinajstić information content (AvgIpc) is 2.37. The number of benzene rings is 2. The highest BCUT2D eigenvalue weighted by Gasteiger charge is 2.32. The van der Waals surface area contributed by atoms with Crippen LogP contribution in [-0.4, -0.2) is 0 Å². The van der Waals surface area contributed by atoms with E-state index in [-0.39, 0.29) is 0 Å². The summed E-state index contributed by atoms with van der Waals surface area (Å²) in [6, 6.07) is 13.5. The van der Waals surface area contributed by atoms with Crippen LogP contribution in [0.1, 0.15) is 25.0 Å². The Morgan fingerprint density at radius 1 is 1.11 bits per heavy atom. The van der Waals surface area contributed by atoms with Crippen molar-refractivity contribution in [2.75, 3.05) is 0 Å². The topological polar surface area (TPSA) is 33.0 Å². The van der Waals surface area contributed by atoms with E-state index < -0.39 is 5.60 Å². The molecule has 19 heavy (non-hydrogen) atoms.